The summed E-state index contributed by atoms with van der Waals surface area (Å²) < 4.78 is 104. The number of hydrogen-bond acceptors (Lipinski definition) is 3. The van der Waals surface area contributed by atoms with Crippen LogP contribution in [0.15, 0.2) is 34.7 Å². The molecule has 0 aliphatic heterocycles. The van der Waals surface area contributed by atoms with E-state index in [0.717, 1.165) is 25.3 Å². The highest BCUT2D eigenvalue weighted by atomic mass is 19.4. The molecule has 0 fully saturated rings. The van der Waals surface area contributed by atoms with Crippen LogP contribution in [0, 0.1) is 23.3 Å². The normalized spacial score (nSPS) is 13.2. The SMILES string of the molecule is O=C(Nc1c(F)c(F)c(C(F)(F)F)c(F)c1F)c1ccc(COc2ccc3c(c2)CCC3)o1. The first-order chi connectivity index (χ1) is 15.6. The lowest BCUT2D eigenvalue weighted by molar-refractivity contribution is -0.143. The van der Waals surface area contributed by atoms with Gasteiger partial charge in [0.1, 0.15) is 29.4 Å². The van der Waals surface area contributed by atoms with E-state index >= 15 is 0 Å². The number of nitrogens with one attached hydrogen (secondary N) is 1. The first-order valence-electron chi connectivity index (χ1n) is 9.64. The number of hydrogen-bond donors (Lipinski definition) is 1. The molecule has 174 valence electrons. The van der Waals surface area contributed by atoms with E-state index in [-0.39, 0.29) is 12.4 Å². The highest BCUT2D eigenvalue weighted by Gasteiger charge is 2.42. The summed E-state index contributed by atoms with van der Waals surface area (Å²) in [6.45, 7) is -0.0989. The number of anilines is 1. The first-order valence-corrected chi connectivity index (χ1v) is 9.64. The van der Waals surface area contributed by atoms with E-state index in [9.17, 15) is 35.5 Å². The number of rotatable bonds is 5. The summed E-state index contributed by atoms with van der Waals surface area (Å²) in [6, 6.07) is 8.04. The van der Waals surface area contributed by atoms with E-state index in [1.165, 1.54) is 22.5 Å². The Kier molecular flexibility index (Phi) is 5.81. The van der Waals surface area contributed by atoms with Crippen molar-refractivity contribution in [2.24, 2.45) is 0 Å². The van der Waals surface area contributed by atoms with Gasteiger partial charge in [0.15, 0.2) is 29.0 Å². The molecular formula is C22H14F7NO3. The third kappa shape index (κ3) is 4.39. The van der Waals surface area contributed by atoms with Crippen LogP contribution >= 0.6 is 0 Å². The van der Waals surface area contributed by atoms with Gasteiger partial charge in [-0.2, -0.15) is 13.2 Å². The molecule has 0 atom stereocenters. The molecule has 1 aliphatic carbocycles. The van der Waals surface area contributed by atoms with Gasteiger partial charge in [0.05, 0.1) is 0 Å². The minimum absolute atomic E-state index is 0.0989. The van der Waals surface area contributed by atoms with Crippen molar-refractivity contribution in [2.75, 3.05) is 5.32 Å². The van der Waals surface area contributed by atoms with Crippen LogP contribution in [0.2, 0.25) is 0 Å². The molecule has 0 bridgehead atoms. The quantitative estimate of drug-likeness (QED) is 0.356. The smallest absolute Gasteiger partial charge is 0.422 e. The molecule has 1 N–H and O–H groups in total. The van der Waals surface area contributed by atoms with Crippen LogP contribution in [0.5, 0.6) is 5.75 Å². The summed E-state index contributed by atoms with van der Waals surface area (Å²) in [5.74, 6) is -11.3. The molecule has 0 saturated heterocycles. The fraction of sp³-hybridized carbons (Fsp3) is 0.227. The first kappa shape index (κ1) is 22.7. The molecule has 1 aromatic heterocycles. The van der Waals surface area contributed by atoms with E-state index in [4.69, 9.17) is 9.15 Å². The molecule has 1 heterocycles. The highest BCUT2D eigenvalue weighted by molar-refractivity contribution is 6.02. The molecule has 1 aliphatic rings. The monoisotopic (exact) mass is 473 g/mol. The van der Waals surface area contributed by atoms with Crippen LogP contribution in [-0.4, -0.2) is 5.91 Å². The topological polar surface area (TPSA) is 51.5 Å². The number of carbonyl (C=O) groups is 1. The van der Waals surface area contributed by atoms with Gasteiger partial charge in [-0.15, -0.1) is 0 Å². The molecule has 11 heteroatoms. The zero-order valence-corrected chi connectivity index (χ0v) is 16.6. The van der Waals surface area contributed by atoms with Crippen molar-refractivity contribution in [3.05, 3.63) is 81.8 Å². The van der Waals surface area contributed by atoms with E-state index in [1.807, 2.05) is 12.1 Å². The van der Waals surface area contributed by atoms with Gasteiger partial charge < -0.3 is 14.5 Å². The Morgan fingerprint density at radius 2 is 1.61 bits per heavy atom. The molecule has 33 heavy (non-hydrogen) atoms. The van der Waals surface area contributed by atoms with Crippen molar-refractivity contribution in [3.63, 3.8) is 0 Å². The molecule has 4 nitrogen and oxygen atoms in total. The van der Waals surface area contributed by atoms with Crippen LogP contribution in [0.4, 0.5) is 36.4 Å². The number of amides is 1. The Labute approximate surface area is 182 Å². The van der Waals surface area contributed by atoms with Gasteiger partial charge >= 0.3 is 6.18 Å². The van der Waals surface area contributed by atoms with E-state index in [1.54, 1.807) is 6.07 Å². The molecule has 0 saturated carbocycles. The number of halogens is 7. The Hall–Kier alpha value is -3.50. The van der Waals surface area contributed by atoms with E-state index < -0.39 is 52.4 Å². The summed E-state index contributed by atoms with van der Waals surface area (Å²) >= 11 is 0. The Morgan fingerprint density at radius 3 is 2.27 bits per heavy atom. The number of benzene rings is 2. The van der Waals surface area contributed by atoms with Gasteiger partial charge in [-0.25, -0.2) is 17.6 Å². The second-order valence-electron chi connectivity index (χ2n) is 7.30. The van der Waals surface area contributed by atoms with Crippen molar-refractivity contribution in [1.82, 2.24) is 0 Å². The van der Waals surface area contributed by atoms with Crippen molar-refractivity contribution < 1.29 is 44.7 Å². The largest absolute Gasteiger partial charge is 0.486 e. The lowest BCUT2D eigenvalue weighted by Gasteiger charge is -2.14. The Bertz CT molecular complexity index is 1200. The predicted molar refractivity (Wildman–Crippen MR) is 101 cm³/mol. The lowest BCUT2D eigenvalue weighted by atomic mass is 10.1. The standard InChI is InChI=1S/C22H14F7NO3/c23-16-15(22(27,28)29)17(24)19(26)20(18(16)25)30-21(31)14-7-6-13(33-14)9-32-12-5-4-10-2-1-3-11(10)8-12/h4-8H,1-3,9H2,(H,30,31). The van der Waals surface area contributed by atoms with Crippen molar-refractivity contribution in [1.29, 1.82) is 0 Å². The average molecular weight is 473 g/mol. The number of carbonyl (C=O) groups excluding carboxylic acids is 1. The van der Waals surface area contributed by atoms with Crippen LogP contribution in [0.3, 0.4) is 0 Å². The molecule has 3 aromatic rings. The van der Waals surface area contributed by atoms with E-state index in [0.29, 0.717) is 5.75 Å². The molecule has 1 amide bonds. The minimum Gasteiger partial charge on any atom is -0.486 e. The number of fused-ring (bicyclic) bond motifs is 1. The molecular weight excluding hydrogens is 459 g/mol. The van der Waals surface area contributed by atoms with Crippen LogP contribution in [0.1, 0.15) is 39.4 Å². The lowest BCUT2D eigenvalue weighted by Crippen LogP contribution is -2.20. The second-order valence-corrected chi connectivity index (χ2v) is 7.30. The Balaban J connectivity index is 1.48. The second kappa shape index (κ2) is 8.45. The van der Waals surface area contributed by atoms with Gasteiger partial charge in [-0.3, -0.25) is 4.79 Å². The zero-order chi connectivity index (χ0) is 23.9. The zero-order valence-electron chi connectivity index (χ0n) is 16.6. The summed E-state index contributed by atoms with van der Waals surface area (Å²) in [4.78, 5) is 12.2. The van der Waals surface area contributed by atoms with Crippen LogP contribution in [0.25, 0.3) is 0 Å². The predicted octanol–water partition coefficient (Wildman–Crippen LogP) is 6.17. The minimum atomic E-state index is -5.69. The van der Waals surface area contributed by atoms with Crippen LogP contribution < -0.4 is 10.1 Å². The number of alkyl halides is 3. The van der Waals surface area contributed by atoms with Gasteiger partial charge in [0.25, 0.3) is 5.91 Å². The van der Waals surface area contributed by atoms with Gasteiger partial charge in [-0.1, -0.05) is 6.07 Å². The number of aryl methyl sites for hydroxylation is 2. The van der Waals surface area contributed by atoms with Crippen LogP contribution in [-0.2, 0) is 25.6 Å². The van der Waals surface area contributed by atoms with Crippen molar-refractivity contribution >= 4 is 11.6 Å². The molecule has 0 spiro atoms. The molecule has 4 rings (SSSR count). The van der Waals surface area contributed by atoms with Gasteiger partial charge in [-0.05, 0) is 54.7 Å². The molecule has 0 radical (unpaired) electrons. The van der Waals surface area contributed by atoms with Crippen molar-refractivity contribution in [3.8, 4) is 5.75 Å². The van der Waals surface area contributed by atoms with E-state index in [2.05, 4.69) is 0 Å². The van der Waals surface area contributed by atoms with Crippen molar-refractivity contribution in [2.45, 2.75) is 32.0 Å². The summed E-state index contributed by atoms with van der Waals surface area (Å²) in [5.41, 5.74) is -2.03. The third-order valence-corrected chi connectivity index (χ3v) is 5.12. The number of ether oxygens (including phenoxy) is 1. The maximum Gasteiger partial charge on any atom is 0.422 e. The van der Waals surface area contributed by atoms with Gasteiger partial charge in [0.2, 0.25) is 0 Å². The summed E-state index contributed by atoms with van der Waals surface area (Å²) in [7, 11) is 0. The molecule has 2 aromatic carbocycles. The maximum atomic E-state index is 14.0. The fourth-order valence-corrected chi connectivity index (χ4v) is 3.54. The third-order valence-electron chi connectivity index (χ3n) is 5.12. The maximum absolute atomic E-state index is 14.0. The summed E-state index contributed by atoms with van der Waals surface area (Å²) in [6.07, 6.45) is -2.69. The highest BCUT2D eigenvalue weighted by Crippen LogP contribution is 2.38. The summed E-state index contributed by atoms with van der Waals surface area (Å²) in [5, 5.41) is 1.50. The van der Waals surface area contributed by atoms with Gasteiger partial charge in [0, 0.05) is 0 Å². The number of furan rings is 1. The molecule has 0 unspecified atom stereocenters. The fourth-order valence-electron chi connectivity index (χ4n) is 3.54. The Morgan fingerprint density at radius 1 is 0.939 bits per heavy atom. The average Bonchev–Trinajstić information content (AvgIpc) is 3.42.